The minimum absolute atomic E-state index is 0.125. The summed E-state index contributed by atoms with van der Waals surface area (Å²) in [5.41, 5.74) is 0.0795. The smallest absolute Gasteiger partial charge is 0.416 e. The quantitative estimate of drug-likeness (QED) is 0.261. The molecule has 5 rings (SSSR count). The van der Waals surface area contributed by atoms with Gasteiger partial charge in [0.2, 0.25) is 5.82 Å². The van der Waals surface area contributed by atoms with Gasteiger partial charge in [-0.1, -0.05) is 11.8 Å². The van der Waals surface area contributed by atoms with Crippen LogP contribution in [0.15, 0.2) is 34.2 Å². The number of thioether (sulfide) groups is 1. The molecule has 0 spiro atoms. The Morgan fingerprint density at radius 3 is 2.74 bits per heavy atom. The van der Waals surface area contributed by atoms with Gasteiger partial charge >= 0.3 is 6.18 Å². The molecular formula is C23H26F4N6OS. The summed E-state index contributed by atoms with van der Waals surface area (Å²) >= 11 is 1.63. The van der Waals surface area contributed by atoms with Crippen LogP contribution >= 0.6 is 11.8 Å². The van der Waals surface area contributed by atoms with Gasteiger partial charge in [0.05, 0.1) is 16.9 Å². The molecule has 0 aliphatic carbocycles. The maximum absolute atomic E-state index is 14.6. The van der Waals surface area contributed by atoms with E-state index in [1.165, 1.54) is 12.5 Å². The largest absolute Gasteiger partial charge is 0.440 e. The zero-order valence-electron chi connectivity index (χ0n) is 19.4. The number of oxazole rings is 1. The second kappa shape index (κ2) is 9.45. The number of fused-ring (bicyclic) bond motifs is 1. The number of aromatic nitrogens is 4. The fraction of sp³-hybridized carbons (Fsp3) is 0.522. The van der Waals surface area contributed by atoms with Gasteiger partial charge in [0.1, 0.15) is 5.82 Å². The summed E-state index contributed by atoms with van der Waals surface area (Å²) < 4.78 is 60.6. The first-order valence-corrected chi connectivity index (χ1v) is 12.5. The second-order valence-corrected chi connectivity index (χ2v) is 10.1. The van der Waals surface area contributed by atoms with E-state index in [1.807, 2.05) is 23.4 Å². The third-order valence-corrected chi connectivity index (χ3v) is 7.95. The molecule has 0 radical (unpaired) electrons. The number of aryl methyl sites for hydroxylation is 1. The van der Waals surface area contributed by atoms with Crippen molar-refractivity contribution in [3.63, 3.8) is 0 Å². The fourth-order valence-corrected chi connectivity index (χ4v) is 5.89. The summed E-state index contributed by atoms with van der Waals surface area (Å²) in [5, 5.41) is 9.29. The van der Waals surface area contributed by atoms with E-state index in [0.29, 0.717) is 30.1 Å². The van der Waals surface area contributed by atoms with Crippen LogP contribution in [0.3, 0.4) is 0 Å². The number of hydrogen-bond donors (Lipinski definition) is 0. The highest BCUT2D eigenvalue weighted by Gasteiger charge is 2.42. The van der Waals surface area contributed by atoms with Crippen molar-refractivity contribution in [2.45, 2.75) is 37.1 Å². The van der Waals surface area contributed by atoms with Crippen LogP contribution < -0.4 is 4.90 Å². The standard InChI is InChI=1S/C23H26F4N6OS/c1-14-20(34-13-28-14)21-29-30-22(31(21)2)35-9-3-7-32-11-15-6-8-33(19(15)12-32)18-5-4-16(10-17(18)24)23(25,26)27/h4-5,10,13,15,19H,3,6-9,11-12H2,1-2H3/t15-,19+/m1/s1. The molecule has 3 aromatic rings. The molecule has 188 valence electrons. The van der Waals surface area contributed by atoms with Crippen molar-refractivity contribution in [2.24, 2.45) is 13.0 Å². The number of rotatable bonds is 7. The highest BCUT2D eigenvalue weighted by Crippen LogP contribution is 2.38. The highest BCUT2D eigenvalue weighted by molar-refractivity contribution is 7.99. The van der Waals surface area contributed by atoms with Gasteiger partial charge in [-0.3, -0.25) is 0 Å². The van der Waals surface area contributed by atoms with Crippen molar-refractivity contribution in [2.75, 3.05) is 36.8 Å². The number of hydrogen-bond acceptors (Lipinski definition) is 7. The average molecular weight is 511 g/mol. The molecule has 2 aliphatic rings. The van der Waals surface area contributed by atoms with Gasteiger partial charge in [-0.2, -0.15) is 13.2 Å². The van der Waals surface area contributed by atoms with Crippen molar-refractivity contribution in [3.05, 3.63) is 41.7 Å². The third kappa shape index (κ3) is 4.77. The van der Waals surface area contributed by atoms with Crippen molar-refractivity contribution in [3.8, 4) is 11.6 Å². The number of nitrogens with zero attached hydrogens (tertiary/aromatic N) is 6. The Bertz CT molecular complexity index is 1200. The molecule has 2 aromatic heterocycles. The summed E-state index contributed by atoms with van der Waals surface area (Å²) in [6, 6.07) is 2.97. The summed E-state index contributed by atoms with van der Waals surface area (Å²) in [4.78, 5) is 8.41. The van der Waals surface area contributed by atoms with Crippen LogP contribution in [0.5, 0.6) is 0 Å². The summed E-state index contributed by atoms with van der Waals surface area (Å²) in [6.45, 7) is 5.14. The van der Waals surface area contributed by atoms with Crippen LogP contribution in [-0.4, -0.2) is 62.6 Å². The van der Waals surface area contributed by atoms with E-state index in [0.717, 1.165) is 55.1 Å². The van der Waals surface area contributed by atoms with Crippen molar-refractivity contribution >= 4 is 17.4 Å². The minimum Gasteiger partial charge on any atom is -0.440 e. The molecule has 0 bridgehead atoms. The lowest BCUT2D eigenvalue weighted by Crippen LogP contribution is -2.36. The lowest BCUT2D eigenvalue weighted by atomic mass is 10.0. The first kappa shape index (κ1) is 24.1. The number of alkyl halides is 3. The molecule has 7 nitrogen and oxygen atoms in total. The molecule has 0 unspecified atom stereocenters. The van der Waals surface area contributed by atoms with Crippen LogP contribution in [0.1, 0.15) is 24.1 Å². The SMILES string of the molecule is Cc1ncoc1-c1nnc(SCCCN2C[C@H]3CCN(c4ccc(C(F)(F)F)cc4F)[C@H]3C2)n1C. The molecule has 2 atom stereocenters. The van der Waals surface area contributed by atoms with Gasteiger partial charge in [-0.25, -0.2) is 9.37 Å². The van der Waals surface area contributed by atoms with Crippen molar-refractivity contribution in [1.82, 2.24) is 24.6 Å². The molecule has 2 aliphatic heterocycles. The van der Waals surface area contributed by atoms with Crippen molar-refractivity contribution < 1.29 is 22.0 Å². The normalized spacial score (nSPS) is 20.7. The Morgan fingerprint density at radius 1 is 1.20 bits per heavy atom. The van der Waals surface area contributed by atoms with Crippen LogP contribution in [0.2, 0.25) is 0 Å². The van der Waals surface area contributed by atoms with E-state index >= 15 is 0 Å². The van der Waals surface area contributed by atoms with Crippen LogP contribution in [0, 0.1) is 18.7 Å². The van der Waals surface area contributed by atoms with Crippen LogP contribution in [0.4, 0.5) is 23.2 Å². The molecule has 12 heteroatoms. The molecular weight excluding hydrogens is 484 g/mol. The van der Waals surface area contributed by atoms with E-state index < -0.39 is 17.6 Å². The third-order valence-electron chi connectivity index (χ3n) is 6.84. The van der Waals surface area contributed by atoms with Crippen LogP contribution in [-0.2, 0) is 13.2 Å². The molecule has 4 heterocycles. The van der Waals surface area contributed by atoms with Gasteiger partial charge < -0.3 is 18.8 Å². The molecule has 35 heavy (non-hydrogen) atoms. The first-order valence-electron chi connectivity index (χ1n) is 11.5. The Kier molecular flexibility index (Phi) is 6.51. The summed E-state index contributed by atoms with van der Waals surface area (Å²) in [7, 11) is 1.90. The predicted octanol–water partition coefficient (Wildman–Crippen LogP) is 4.63. The van der Waals surface area contributed by atoms with E-state index in [9.17, 15) is 17.6 Å². The lowest BCUT2D eigenvalue weighted by Gasteiger charge is -2.27. The number of benzene rings is 1. The van der Waals surface area contributed by atoms with Gasteiger partial charge in [0.15, 0.2) is 17.3 Å². The highest BCUT2D eigenvalue weighted by atomic mass is 32.2. The minimum atomic E-state index is -4.55. The lowest BCUT2D eigenvalue weighted by molar-refractivity contribution is -0.137. The Balaban J connectivity index is 1.14. The average Bonchev–Trinajstić information content (AvgIpc) is 3.56. The van der Waals surface area contributed by atoms with Crippen molar-refractivity contribution in [1.29, 1.82) is 0 Å². The fourth-order valence-electron chi connectivity index (χ4n) is 5.05. The number of halogens is 4. The predicted molar refractivity (Wildman–Crippen MR) is 124 cm³/mol. The van der Waals surface area contributed by atoms with Gasteiger partial charge in [-0.05, 0) is 50.4 Å². The number of likely N-dealkylation sites (tertiary alicyclic amines) is 1. The van der Waals surface area contributed by atoms with Gasteiger partial charge in [0.25, 0.3) is 0 Å². The Labute approximate surface area is 204 Å². The van der Waals surface area contributed by atoms with Gasteiger partial charge in [-0.15, -0.1) is 10.2 Å². The maximum Gasteiger partial charge on any atom is 0.416 e. The molecule has 1 aromatic carbocycles. The number of anilines is 1. The first-order chi connectivity index (χ1) is 16.7. The maximum atomic E-state index is 14.6. The molecule has 0 N–H and O–H groups in total. The molecule has 2 fully saturated rings. The molecule has 2 saturated heterocycles. The van der Waals surface area contributed by atoms with Crippen LogP contribution in [0.25, 0.3) is 11.6 Å². The topological polar surface area (TPSA) is 63.2 Å². The van der Waals surface area contributed by atoms with E-state index in [1.54, 1.807) is 11.8 Å². The van der Waals surface area contributed by atoms with E-state index in [2.05, 4.69) is 20.1 Å². The monoisotopic (exact) mass is 510 g/mol. The Morgan fingerprint density at radius 2 is 2.03 bits per heavy atom. The summed E-state index contributed by atoms with van der Waals surface area (Å²) in [5.74, 6) is 1.72. The summed E-state index contributed by atoms with van der Waals surface area (Å²) in [6.07, 6.45) is -1.29. The van der Waals surface area contributed by atoms with E-state index in [4.69, 9.17) is 4.42 Å². The molecule has 0 amide bonds. The van der Waals surface area contributed by atoms with Gasteiger partial charge in [0, 0.05) is 38.5 Å². The zero-order chi connectivity index (χ0) is 24.7. The zero-order valence-corrected chi connectivity index (χ0v) is 20.2. The van der Waals surface area contributed by atoms with E-state index in [-0.39, 0.29) is 11.7 Å². The molecule has 0 saturated carbocycles. The second-order valence-electron chi connectivity index (χ2n) is 9.07. The Hall–Kier alpha value is -2.60.